The highest BCUT2D eigenvalue weighted by molar-refractivity contribution is 7.64. The van der Waals surface area contributed by atoms with Crippen LogP contribution in [0.1, 0.15) is 63.4 Å². The first-order chi connectivity index (χ1) is 9.58. The van der Waals surface area contributed by atoms with E-state index in [9.17, 15) is 9.36 Å². The molecule has 2 nitrogen and oxygen atoms in total. The minimum Gasteiger partial charge on any atom is -0.318 e. The molecule has 0 spiro atoms. The van der Waals surface area contributed by atoms with Crippen molar-refractivity contribution in [3.05, 3.63) is 35.4 Å². The van der Waals surface area contributed by atoms with Crippen molar-refractivity contribution >= 4 is 13.3 Å². The average Bonchev–Trinajstić information content (AvgIpc) is 2.36. The summed E-state index contributed by atoms with van der Waals surface area (Å²) < 4.78 is 12.5. The standard InChI is InChI=1S/C18H29O2P/c1-7-17(3,4)12-18(5,6)13-21(20)16(19)15-11-9-8-10-14(15)2/h8-11,21H,7,12-13H2,1-6H3. The number of hydrogen-bond acceptors (Lipinski definition) is 2. The van der Waals surface area contributed by atoms with Crippen LogP contribution in [0, 0.1) is 17.8 Å². The van der Waals surface area contributed by atoms with Crippen molar-refractivity contribution in [2.75, 3.05) is 6.16 Å². The second kappa shape index (κ2) is 6.92. The molecule has 0 saturated heterocycles. The van der Waals surface area contributed by atoms with Crippen molar-refractivity contribution in [2.24, 2.45) is 10.8 Å². The molecule has 1 unspecified atom stereocenters. The Bertz CT molecular complexity index is 530. The lowest BCUT2D eigenvalue weighted by molar-refractivity contribution is 0.107. The van der Waals surface area contributed by atoms with Crippen LogP contribution in [0.2, 0.25) is 0 Å². The van der Waals surface area contributed by atoms with Crippen LogP contribution < -0.4 is 0 Å². The summed E-state index contributed by atoms with van der Waals surface area (Å²) in [7, 11) is -2.27. The molecule has 3 heteroatoms. The maximum Gasteiger partial charge on any atom is 0.218 e. The van der Waals surface area contributed by atoms with E-state index < -0.39 is 7.80 Å². The van der Waals surface area contributed by atoms with Crippen LogP contribution in [0.25, 0.3) is 0 Å². The molecule has 0 aliphatic carbocycles. The third kappa shape index (κ3) is 5.43. The van der Waals surface area contributed by atoms with Crippen molar-refractivity contribution in [1.82, 2.24) is 0 Å². The zero-order valence-electron chi connectivity index (χ0n) is 14.2. The van der Waals surface area contributed by atoms with Crippen LogP contribution in [0.5, 0.6) is 0 Å². The molecule has 0 N–H and O–H groups in total. The van der Waals surface area contributed by atoms with Crippen molar-refractivity contribution in [3.63, 3.8) is 0 Å². The quantitative estimate of drug-likeness (QED) is 0.619. The van der Waals surface area contributed by atoms with Crippen LogP contribution >= 0.6 is 7.80 Å². The number of benzene rings is 1. The average molecular weight is 308 g/mol. The molecule has 0 aliphatic heterocycles. The molecule has 1 rings (SSSR count). The van der Waals surface area contributed by atoms with E-state index in [1.54, 1.807) is 6.07 Å². The third-order valence-corrected chi connectivity index (χ3v) is 6.25. The lowest BCUT2D eigenvalue weighted by Gasteiger charge is -2.34. The van der Waals surface area contributed by atoms with Gasteiger partial charge in [0, 0.05) is 11.7 Å². The number of carbonyl (C=O) groups excluding carboxylic acids is 1. The van der Waals surface area contributed by atoms with E-state index in [0.29, 0.717) is 11.7 Å². The maximum atomic E-state index is 12.5. The van der Waals surface area contributed by atoms with Gasteiger partial charge in [0.05, 0.1) is 0 Å². The van der Waals surface area contributed by atoms with E-state index in [0.717, 1.165) is 18.4 Å². The van der Waals surface area contributed by atoms with Gasteiger partial charge in [-0.05, 0) is 29.7 Å². The zero-order valence-corrected chi connectivity index (χ0v) is 15.2. The molecule has 1 aromatic rings. The molecular weight excluding hydrogens is 279 g/mol. The molecule has 0 amide bonds. The number of rotatable bonds is 7. The van der Waals surface area contributed by atoms with Crippen LogP contribution in [-0.4, -0.2) is 11.7 Å². The van der Waals surface area contributed by atoms with Crippen molar-refractivity contribution < 1.29 is 9.36 Å². The molecule has 0 aliphatic rings. The molecule has 0 bridgehead atoms. The van der Waals surface area contributed by atoms with Gasteiger partial charge in [-0.15, -0.1) is 0 Å². The highest BCUT2D eigenvalue weighted by atomic mass is 31.1. The third-order valence-electron chi connectivity index (χ3n) is 4.20. The molecule has 1 aromatic carbocycles. The Morgan fingerprint density at radius 3 is 2.19 bits per heavy atom. The first-order valence-corrected chi connectivity index (χ1v) is 9.33. The molecule has 0 heterocycles. The van der Waals surface area contributed by atoms with Crippen molar-refractivity contribution in [3.8, 4) is 0 Å². The molecule has 21 heavy (non-hydrogen) atoms. The van der Waals surface area contributed by atoms with E-state index >= 15 is 0 Å². The lowest BCUT2D eigenvalue weighted by Crippen LogP contribution is -2.25. The Balaban J connectivity index is 2.81. The number of carbonyl (C=O) groups is 1. The predicted octanol–water partition coefficient (Wildman–Crippen LogP) is 5.55. The van der Waals surface area contributed by atoms with Gasteiger partial charge >= 0.3 is 0 Å². The second-order valence-corrected chi connectivity index (χ2v) is 9.26. The normalized spacial score (nSPS) is 14.0. The van der Waals surface area contributed by atoms with Crippen LogP contribution in [0.3, 0.4) is 0 Å². The van der Waals surface area contributed by atoms with Crippen molar-refractivity contribution in [2.45, 2.75) is 54.4 Å². The minimum absolute atomic E-state index is 0.0755. The SMILES string of the molecule is CCC(C)(C)CC(C)(C)C[PH](=O)C(=O)c1ccccc1C. The van der Waals surface area contributed by atoms with Crippen LogP contribution in [0.4, 0.5) is 0 Å². The summed E-state index contributed by atoms with van der Waals surface area (Å²) in [5, 5.41) is 0. The van der Waals surface area contributed by atoms with E-state index in [1.807, 2.05) is 25.1 Å². The summed E-state index contributed by atoms with van der Waals surface area (Å²) in [5.41, 5.74) is 1.51. The van der Waals surface area contributed by atoms with E-state index in [-0.39, 0.29) is 16.4 Å². The summed E-state index contributed by atoms with van der Waals surface area (Å²) >= 11 is 0. The summed E-state index contributed by atoms with van der Waals surface area (Å²) in [6, 6.07) is 7.41. The molecule has 0 fully saturated rings. The van der Waals surface area contributed by atoms with E-state index in [4.69, 9.17) is 0 Å². The van der Waals surface area contributed by atoms with Gasteiger partial charge in [0.2, 0.25) is 5.52 Å². The smallest absolute Gasteiger partial charge is 0.218 e. The van der Waals surface area contributed by atoms with Gasteiger partial charge in [-0.3, -0.25) is 4.79 Å². The molecular formula is C18H29O2P. The summed E-state index contributed by atoms with van der Waals surface area (Å²) in [6.45, 7) is 12.8. The number of aryl methyl sites for hydroxylation is 1. The fourth-order valence-electron chi connectivity index (χ4n) is 2.98. The van der Waals surface area contributed by atoms with Gasteiger partial charge in [0.15, 0.2) is 0 Å². The Morgan fingerprint density at radius 1 is 1.10 bits per heavy atom. The molecule has 0 aromatic heterocycles. The van der Waals surface area contributed by atoms with Gasteiger partial charge in [-0.25, -0.2) is 0 Å². The first-order valence-electron chi connectivity index (χ1n) is 7.71. The zero-order chi connectivity index (χ0) is 16.3. The Kier molecular flexibility index (Phi) is 5.99. The topological polar surface area (TPSA) is 34.1 Å². The first kappa shape index (κ1) is 18.2. The summed E-state index contributed by atoms with van der Waals surface area (Å²) in [5.74, 6) is 0. The predicted molar refractivity (Wildman–Crippen MR) is 91.8 cm³/mol. The lowest BCUT2D eigenvalue weighted by atomic mass is 9.75. The van der Waals surface area contributed by atoms with E-state index in [2.05, 4.69) is 34.6 Å². The summed E-state index contributed by atoms with van der Waals surface area (Å²) in [4.78, 5) is 12.4. The van der Waals surface area contributed by atoms with Gasteiger partial charge < -0.3 is 4.57 Å². The molecule has 0 radical (unpaired) electrons. The van der Waals surface area contributed by atoms with Gasteiger partial charge in [0.25, 0.3) is 0 Å². The highest BCUT2D eigenvalue weighted by Gasteiger charge is 2.31. The van der Waals surface area contributed by atoms with E-state index in [1.165, 1.54) is 0 Å². The summed E-state index contributed by atoms with van der Waals surface area (Å²) in [6.07, 6.45) is 2.56. The molecule has 1 atom stereocenters. The highest BCUT2D eigenvalue weighted by Crippen LogP contribution is 2.42. The number of hydrogen-bond donors (Lipinski definition) is 0. The Hall–Kier alpha value is -0.880. The Morgan fingerprint density at radius 2 is 1.67 bits per heavy atom. The fourth-order valence-corrected chi connectivity index (χ4v) is 4.71. The fraction of sp³-hybridized carbons (Fsp3) is 0.611. The largest absolute Gasteiger partial charge is 0.318 e. The van der Waals surface area contributed by atoms with Crippen molar-refractivity contribution in [1.29, 1.82) is 0 Å². The van der Waals surface area contributed by atoms with Gasteiger partial charge in [-0.1, -0.05) is 65.3 Å². The van der Waals surface area contributed by atoms with Crippen LogP contribution in [0.15, 0.2) is 24.3 Å². The van der Waals surface area contributed by atoms with Gasteiger partial charge in [-0.2, -0.15) is 0 Å². The maximum absolute atomic E-state index is 12.5. The van der Waals surface area contributed by atoms with Crippen LogP contribution in [-0.2, 0) is 4.57 Å². The Labute approximate surface area is 130 Å². The molecule has 0 saturated carbocycles. The van der Waals surface area contributed by atoms with Gasteiger partial charge in [0.1, 0.15) is 7.80 Å². The minimum atomic E-state index is -2.27. The second-order valence-electron chi connectivity index (χ2n) is 7.60. The monoisotopic (exact) mass is 308 g/mol. The molecule has 118 valence electrons.